The largest absolute Gasteiger partial charge is 0.480 e. The number of hydrogen-bond acceptors (Lipinski definition) is 4. The van der Waals surface area contributed by atoms with Crippen molar-refractivity contribution in [3.8, 4) is 11.4 Å². The summed E-state index contributed by atoms with van der Waals surface area (Å²) in [5, 5.41) is 9.15. The molecule has 3 heterocycles. The number of aromatic amines is 1. The molecule has 1 fully saturated rings. The van der Waals surface area contributed by atoms with Gasteiger partial charge in [-0.1, -0.05) is 6.07 Å². The monoisotopic (exact) mass is 313 g/mol. The Labute approximate surface area is 131 Å². The fraction of sp³-hybridized carbons (Fsp3) is 0.250. The molecule has 0 aliphatic carbocycles. The highest BCUT2D eigenvalue weighted by molar-refractivity contribution is 5.96. The Morgan fingerprint density at radius 2 is 2.09 bits per heavy atom. The number of hydrogen-bond donors (Lipinski definition) is 2. The minimum Gasteiger partial charge on any atom is -0.480 e. The van der Waals surface area contributed by atoms with Crippen LogP contribution >= 0.6 is 0 Å². The Morgan fingerprint density at radius 3 is 2.74 bits per heavy atom. The van der Waals surface area contributed by atoms with Crippen LogP contribution in [-0.4, -0.2) is 44.4 Å². The topological polar surface area (TPSA) is 103 Å². The quantitative estimate of drug-likeness (QED) is 0.884. The molecule has 1 aliphatic heterocycles. The van der Waals surface area contributed by atoms with E-state index in [0.29, 0.717) is 30.8 Å². The Kier molecular flexibility index (Phi) is 3.92. The highest BCUT2D eigenvalue weighted by Gasteiger charge is 2.35. The number of carboxylic acids is 1. The molecule has 1 amide bonds. The van der Waals surface area contributed by atoms with E-state index in [1.54, 1.807) is 30.5 Å². The van der Waals surface area contributed by atoms with Crippen molar-refractivity contribution in [2.75, 3.05) is 6.54 Å². The third-order valence-corrected chi connectivity index (χ3v) is 3.88. The summed E-state index contributed by atoms with van der Waals surface area (Å²) in [6.07, 6.45) is 2.63. The molecule has 7 heteroatoms. The van der Waals surface area contributed by atoms with Crippen LogP contribution in [-0.2, 0) is 4.79 Å². The smallest absolute Gasteiger partial charge is 0.326 e. The molecule has 0 aromatic carbocycles. The minimum atomic E-state index is -1.04. The van der Waals surface area contributed by atoms with Gasteiger partial charge in [-0.05, 0) is 37.1 Å². The van der Waals surface area contributed by atoms with E-state index < -0.39 is 23.5 Å². The van der Waals surface area contributed by atoms with Crippen molar-refractivity contribution < 1.29 is 14.7 Å². The number of rotatable bonds is 3. The fourth-order valence-electron chi connectivity index (χ4n) is 2.73. The molecule has 0 saturated carbocycles. The highest BCUT2D eigenvalue weighted by Crippen LogP contribution is 2.20. The summed E-state index contributed by atoms with van der Waals surface area (Å²) in [5.74, 6) is -1.60. The van der Waals surface area contributed by atoms with E-state index in [1.165, 1.54) is 11.0 Å². The van der Waals surface area contributed by atoms with Crippen LogP contribution < -0.4 is 5.56 Å². The van der Waals surface area contributed by atoms with Gasteiger partial charge in [0.2, 0.25) is 0 Å². The number of amides is 1. The van der Waals surface area contributed by atoms with Crippen molar-refractivity contribution in [3.63, 3.8) is 0 Å². The number of aromatic nitrogens is 2. The second-order valence-corrected chi connectivity index (χ2v) is 5.32. The number of carbonyl (C=O) groups excluding carboxylic acids is 1. The standard InChI is InChI=1S/C16H15N3O4/c20-14-10(15(21)19-9-3-5-13(19)16(22)23)6-7-12(18-14)11-4-1-2-8-17-11/h1-2,4,6-8,13H,3,5,9H2,(H,18,20)(H,22,23)/t13-/m1/s1. The average molecular weight is 313 g/mol. The summed E-state index contributed by atoms with van der Waals surface area (Å²) in [4.78, 5) is 43.9. The molecule has 2 N–H and O–H groups in total. The molecule has 1 atom stereocenters. The van der Waals surface area contributed by atoms with E-state index in [0.717, 1.165) is 0 Å². The molecule has 0 radical (unpaired) electrons. The van der Waals surface area contributed by atoms with Gasteiger partial charge in [0.25, 0.3) is 11.5 Å². The summed E-state index contributed by atoms with van der Waals surface area (Å²) in [6.45, 7) is 0.344. The van der Waals surface area contributed by atoms with Crippen LogP contribution in [0.25, 0.3) is 11.4 Å². The summed E-state index contributed by atoms with van der Waals surface area (Å²) in [6, 6.07) is 7.46. The third kappa shape index (κ3) is 2.85. The predicted octanol–water partition coefficient (Wildman–Crippen LogP) is 1.13. The summed E-state index contributed by atoms with van der Waals surface area (Å²) in [5.41, 5.74) is 0.489. The minimum absolute atomic E-state index is 0.0576. The zero-order valence-electron chi connectivity index (χ0n) is 12.2. The zero-order chi connectivity index (χ0) is 16.4. The maximum absolute atomic E-state index is 12.5. The Balaban J connectivity index is 1.91. The van der Waals surface area contributed by atoms with E-state index in [9.17, 15) is 14.4 Å². The van der Waals surface area contributed by atoms with Crippen LogP contribution in [0.1, 0.15) is 23.2 Å². The first-order valence-electron chi connectivity index (χ1n) is 7.26. The predicted molar refractivity (Wildman–Crippen MR) is 82.0 cm³/mol. The van der Waals surface area contributed by atoms with E-state index >= 15 is 0 Å². The molecule has 23 heavy (non-hydrogen) atoms. The molecule has 2 aromatic rings. The molecule has 0 spiro atoms. The second-order valence-electron chi connectivity index (χ2n) is 5.32. The van der Waals surface area contributed by atoms with Gasteiger partial charge in [-0.3, -0.25) is 14.6 Å². The van der Waals surface area contributed by atoms with Crippen molar-refractivity contribution in [1.29, 1.82) is 0 Å². The van der Waals surface area contributed by atoms with Crippen molar-refractivity contribution in [2.45, 2.75) is 18.9 Å². The van der Waals surface area contributed by atoms with Gasteiger partial charge in [0, 0.05) is 12.7 Å². The molecular weight excluding hydrogens is 298 g/mol. The third-order valence-electron chi connectivity index (χ3n) is 3.88. The van der Waals surface area contributed by atoms with E-state index in [4.69, 9.17) is 5.11 Å². The van der Waals surface area contributed by atoms with Gasteiger partial charge in [-0.25, -0.2) is 4.79 Å². The molecule has 118 valence electrons. The van der Waals surface area contributed by atoms with Gasteiger partial charge in [0.1, 0.15) is 11.6 Å². The van der Waals surface area contributed by atoms with Crippen LogP contribution in [0.15, 0.2) is 41.3 Å². The van der Waals surface area contributed by atoms with Crippen LogP contribution in [0, 0.1) is 0 Å². The summed E-state index contributed by atoms with van der Waals surface area (Å²) < 4.78 is 0. The lowest BCUT2D eigenvalue weighted by molar-refractivity contribution is -0.141. The first-order valence-corrected chi connectivity index (χ1v) is 7.26. The van der Waals surface area contributed by atoms with Gasteiger partial charge in [-0.2, -0.15) is 0 Å². The number of aliphatic carboxylic acids is 1. The number of nitrogens with zero attached hydrogens (tertiary/aromatic N) is 2. The lowest BCUT2D eigenvalue weighted by atomic mass is 10.1. The number of H-pyrrole nitrogens is 1. The normalized spacial score (nSPS) is 17.2. The molecule has 7 nitrogen and oxygen atoms in total. The molecule has 1 aliphatic rings. The van der Waals surface area contributed by atoms with Gasteiger partial charge in [-0.15, -0.1) is 0 Å². The second kappa shape index (κ2) is 6.04. The Bertz CT molecular complexity index is 800. The van der Waals surface area contributed by atoms with Crippen LogP contribution in [0.5, 0.6) is 0 Å². The SMILES string of the molecule is O=C(O)[C@H]1CCCN1C(=O)c1ccc(-c2ccccn2)[nH]c1=O. The maximum atomic E-state index is 12.5. The number of carboxylic acid groups (broad SMARTS) is 1. The van der Waals surface area contributed by atoms with Crippen molar-refractivity contribution in [3.05, 3.63) is 52.4 Å². The first kappa shape index (κ1) is 15.0. The Hall–Kier alpha value is -2.96. The first-order chi connectivity index (χ1) is 11.1. The van der Waals surface area contributed by atoms with Gasteiger partial charge in [0.15, 0.2) is 0 Å². The van der Waals surface area contributed by atoms with Crippen LogP contribution in [0.4, 0.5) is 0 Å². The van der Waals surface area contributed by atoms with Gasteiger partial charge < -0.3 is 15.0 Å². The lowest BCUT2D eigenvalue weighted by Gasteiger charge is -2.21. The molecule has 0 unspecified atom stereocenters. The van der Waals surface area contributed by atoms with Crippen molar-refractivity contribution in [2.24, 2.45) is 0 Å². The maximum Gasteiger partial charge on any atom is 0.326 e. The lowest BCUT2D eigenvalue weighted by Crippen LogP contribution is -2.42. The van der Waals surface area contributed by atoms with E-state index in [1.807, 2.05) is 0 Å². The molecule has 1 saturated heterocycles. The molecule has 2 aromatic heterocycles. The highest BCUT2D eigenvalue weighted by atomic mass is 16.4. The van der Waals surface area contributed by atoms with E-state index in [2.05, 4.69) is 9.97 Å². The fourth-order valence-corrected chi connectivity index (χ4v) is 2.73. The van der Waals surface area contributed by atoms with E-state index in [-0.39, 0.29) is 5.56 Å². The van der Waals surface area contributed by atoms with Crippen LogP contribution in [0.3, 0.4) is 0 Å². The molecule has 0 bridgehead atoms. The average Bonchev–Trinajstić information content (AvgIpc) is 3.05. The number of pyridine rings is 2. The van der Waals surface area contributed by atoms with Crippen molar-refractivity contribution >= 4 is 11.9 Å². The molecule has 3 rings (SSSR count). The summed E-state index contributed by atoms with van der Waals surface area (Å²) >= 11 is 0. The number of likely N-dealkylation sites (tertiary alicyclic amines) is 1. The number of carbonyl (C=O) groups is 2. The Morgan fingerprint density at radius 1 is 1.26 bits per heavy atom. The number of nitrogens with one attached hydrogen (secondary N) is 1. The molecular formula is C16H15N3O4. The van der Waals surface area contributed by atoms with Gasteiger partial charge >= 0.3 is 5.97 Å². The summed E-state index contributed by atoms with van der Waals surface area (Å²) in [7, 11) is 0. The van der Waals surface area contributed by atoms with Gasteiger partial charge in [0.05, 0.1) is 11.4 Å². The van der Waals surface area contributed by atoms with Crippen molar-refractivity contribution in [1.82, 2.24) is 14.9 Å². The zero-order valence-corrected chi connectivity index (χ0v) is 12.2. The van der Waals surface area contributed by atoms with Crippen LogP contribution in [0.2, 0.25) is 0 Å².